The molecule has 1 aromatic heterocycles. The summed E-state index contributed by atoms with van der Waals surface area (Å²) in [4.78, 5) is 31.5. The predicted molar refractivity (Wildman–Crippen MR) is 142 cm³/mol. The number of amides is 1. The number of carbonyl (C=O) groups is 1. The van der Waals surface area contributed by atoms with Gasteiger partial charge in [-0.15, -0.1) is 0 Å². The number of unbranched alkanes of at least 4 members (excludes halogenated alkanes) is 2. The van der Waals surface area contributed by atoms with Crippen LogP contribution in [0.2, 0.25) is 0 Å². The van der Waals surface area contributed by atoms with Crippen molar-refractivity contribution in [2.45, 2.75) is 32.2 Å². The minimum atomic E-state index is -0.535. The van der Waals surface area contributed by atoms with Crippen molar-refractivity contribution in [2.24, 2.45) is 0 Å². The molecule has 0 radical (unpaired) electrons. The minimum Gasteiger partial charge on any atom is -0.494 e. The van der Waals surface area contributed by atoms with E-state index in [1.165, 1.54) is 0 Å². The molecule has 5 rings (SSSR count). The first-order valence-corrected chi connectivity index (χ1v) is 13.5. The average molecular weight is 555 g/mol. The summed E-state index contributed by atoms with van der Waals surface area (Å²) in [5.74, 6) is 0.626. The third-order valence-electron chi connectivity index (χ3n) is 6.88. The van der Waals surface area contributed by atoms with E-state index in [0.29, 0.717) is 49.4 Å². The number of morpholine rings is 1. The second-order valence-electron chi connectivity index (χ2n) is 9.30. The van der Waals surface area contributed by atoms with Gasteiger partial charge in [-0.25, -0.2) is 0 Å². The van der Waals surface area contributed by atoms with Gasteiger partial charge in [-0.05, 0) is 42.3 Å². The summed E-state index contributed by atoms with van der Waals surface area (Å²) < 4.78 is 18.3. The number of hydrogen-bond acceptors (Lipinski definition) is 6. The Balaban J connectivity index is 1.53. The van der Waals surface area contributed by atoms with Crippen molar-refractivity contribution in [1.82, 2.24) is 9.80 Å². The molecule has 1 amide bonds. The Labute approximate surface area is 219 Å². The number of fused-ring (bicyclic) bond motifs is 2. The highest BCUT2D eigenvalue weighted by molar-refractivity contribution is 9.10. The van der Waals surface area contributed by atoms with Crippen molar-refractivity contribution in [1.29, 1.82) is 0 Å². The molecule has 0 bridgehead atoms. The van der Waals surface area contributed by atoms with Crippen molar-refractivity contribution in [2.75, 3.05) is 46.0 Å². The molecule has 3 aromatic rings. The van der Waals surface area contributed by atoms with Crippen LogP contribution in [0.25, 0.3) is 11.0 Å². The van der Waals surface area contributed by atoms with Crippen LogP contribution in [-0.2, 0) is 4.74 Å². The highest BCUT2D eigenvalue weighted by atomic mass is 79.9. The van der Waals surface area contributed by atoms with Gasteiger partial charge in [-0.3, -0.25) is 14.5 Å². The number of rotatable bonds is 9. The molecule has 36 heavy (non-hydrogen) atoms. The highest BCUT2D eigenvalue weighted by Crippen LogP contribution is 2.39. The van der Waals surface area contributed by atoms with Crippen LogP contribution in [0.4, 0.5) is 0 Å². The van der Waals surface area contributed by atoms with Crippen LogP contribution in [0.1, 0.15) is 53.9 Å². The first kappa shape index (κ1) is 25.0. The molecule has 7 nitrogen and oxygen atoms in total. The maximum absolute atomic E-state index is 13.8. The Morgan fingerprint density at radius 2 is 1.89 bits per heavy atom. The maximum Gasteiger partial charge on any atom is 0.290 e. The van der Waals surface area contributed by atoms with E-state index in [-0.39, 0.29) is 17.1 Å². The number of hydrogen-bond donors (Lipinski definition) is 0. The third kappa shape index (κ3) is 5.08. The lowest BCUT2D eigenvalue weighted by Gasteiger charge is -2.31. The van der Waals surface area contributed by atoms with Crippen molar-refractivity contribution < 1.29 is 18.7 Å². The van der Waals surface area contributed by atoms with E-state index < -0.39 is 6.04 Å². The van der Waals surface area contributed by atoms with E-state index in [2.05, 4.69) is 27.8 Å². The van der Waals surface area contributed by atoms with Crippen molar-refractivity contribution in [3.8, 4) is 5.75 Å². The van der Waals surface area contributed by atoms with E-state index in [4.69, 9.17) is 13.9 Å². The standard InChI is InChI=1S/C28H31BrN2O5/c1-2-3-4-14-35-21-7-5-6-19(17-21)25-24-26(32)22-18-20(29)8-9-23(22)36-27(24)28(33)31(25)11-10-30-12-15-34-16-13-30/h5-9,17-18,25H,2-4,10-16H2,1H3. The smallest absolute Gasteiger partial charge is 0.290 e. The quantitative estimate of drug-likeness (QED) is 0.346. The maximum atomic E-state index is 13.8. The summed E-state index contributed by atoms with van der Waals surface area (Å²) in [6.45, 7) is 7.02. The summed E-state index contributed by atoms with van der Waals surface area (Å²) in [5, 5.41) is 0.461. The zero-order valence-electron chi connectivity index (χ0n) is 20.5. The summed E-state index contributed by atoms with van der Waals surface area (Å²) in [7, 11) is 0. The molecule has 0 saturated carbocycles. The molecular weight excluding hydrogens is 524 g/mol. The molecule has 0 spiro atoms. The van der Waals surface area contributed by atoms with E-state index in [0.717, 1.165) is 48.1 Å². The van der Waals surface area contributed by atoms with Crippen LogP contribution in [0.3, 0.4) is 0 Å². The second kappa shape index (κ2) is 11.2. The van der Waals surface area contributed by atoms with E-state index in [1.54, 1.807) is 17.0 Å². The Kier molecular flexibility index (Phi) is 7.74. The van der Waals surface area contributed by atoms with Gasteiger partial charge in [-0.2, -0.15) is 0 Å². The molecule has 0 N–H and O–H groups in total. The van der Waals surface area contributed by atoms with Crippen LogP contribution in [0.15, 0.2) is 56.1 Å². The van der Waals surface area contributed by atoms with Crippen molar-refractivity contribution in [3.63, 3.8) is 0 Å². The Morgan fingerprint density at radius 1 is 1.06 bits per heavy atom. The van der Waals surface area contributed by atoms with Gasteiger partial charge in [-0.1, -0.05) is 47.8 Å². The highest BCUT2D eigenvalue weighted by Gasteiger charge is 2.42. The fourth-order valence-electron chi connectivity index (χ4n) is 4.96. The summed E-state index contributed by atoms with van der Waals surface area (Å²) in [6.07, 6.45) is 3.23. The van der Waals surface area contributed by atoms with Gasteiger partial charge in [0.15, 0.2) is 5.43 Å². The molecule has 1 fully saturated rings. The lowest BCUT2D eigenvalue weighted by atomic mass is 9.98. The van der Waals surface area contributed by atoms with Crippen LogP contribution in [-0.4, -0.2) is 61.7 Å². The van der Waals surface area contributed by atoms with Crippen molar-refractivity contribution >= 4 is 32.8 Å². The average Bonchev–Trinajstić information content (AvgIpc) is 3.18. The van der Waals surface area contributed by atoms with Gasteiger partial charge >= 0.3 is 0 Å². The summed E-state index contributed by atoms with van der Waals surface area (Å²) in [5.41, 5.74) is 1.49. The fourth-order valence-corrected chi connectivity index (χ4v) is 5.32. The molecular formula is C28H31BrN2O5. The molecule has 8 heteroatoms. The normalized spacial score (nSPS) is 18.1. The van der Waals surface area contributed by atoms with Gasteiger partial charge in [0.25, 0.3) is 5.91 Å². The van der Waals surface area contributed by atoms with Gasteiger partial charge in [0.2, 0.25) is 5.76 Å². The number of nitrogens with zero attached hydrogens (tertiary/aromatic N) is 2. The summed E-state index contributed by atoms with van der Waals surface area (Å²) >= 11 is 3.45. The Hall–Kier alpha value is -2.68. The molecule has 1 atom stereocenters. The fraction of sp³-hybridized carbons (Fsp3) is 0.429. The molecule has 1 unspecified atom stereocenters. The number of benzene rings is 2. The largest absolute Gasteiger partial charge is 0.494 e. The molecule has 190 valence electrons. The molecule has 2 aromatic carbocycles. The lowest BCUT2D eigenvalue weighted by molar-refractivity contribution is 0.0314. The van der Waals surface area contributed by atoms with E-state index >= 15 is 0 Å². The van der Waals surface area contributed by atoms with Gasteiger partial charge in [0.1, 0.15) is 11.3 Å². The topological polar surface area (TPSA) is 72.2 Å². The lowest BCUT2D eigenvalue weighted by Crippen LogP contribution is -2.42. The third-order valence-corrected chi connectivity index (χ3v) is 7.37. The van der Waals surface area contributed by atoms with Crippen LogP contribution >= 0.6 is 15.9 Å². The zero-order chi connectivity index (χ0) is 25.1. The van der Waals surface area contributed by atoms with E-state index in [1.807, 2.05) is 30.3 Å². The van der Waals surface area contributed by atoms with Gasteiger partial charge in [0, 0.05) is 30.7 Å². The number of ether oxygens (including phenoxy) is 2. The SMILES string of the molecule is CCCCCOc1cccc(C2c3c(oc4ccc(Br)cc4c3=O)C(=O)N2CCN2CCOCC2)c1. The predicted octanol–water partition coefficient (Wildman–Crippen LogP) is 5.00. The van der Waals surface area contributed by atoms with Crippen LogP contribution < -0.4 is 10.2 Å². The first-order valence-electron chi connectivity index (χ1n) is 12.7. The van der Waals surface area contributed by atoms with Gasteiger partial charge in [0.05, 0.1) is 36.8 Å². The Morgan fingerprint density at radius 3 is 2.69 bits per heavy atom. The zero-order valence-corrected chi connectivity index (χ0v) is 22.1. The minimum absolute atomic E-state index is 0.135. The molecule has 2 aliphatic heterocycles. The molecule has 2 aliphatic rings. The number of carbonyl (C=O) groups excluding carboxylic acids is 1. The monoisotopic (exact) mass is 554 g/mol. The van der Waals surface area contributed by atoms with E-state index in [9.17, 15) is 9.59 Å². The second-order valence-corrected chi connectivity index (χ2v) is 10.2. The van der Waals surface area contributed by atoms with Crippen LogP contribution in [0.5, 0.6) is 5.75 Å². The van der Waals surface area contributed by atoms with Crippen molar-refractivity contribution in [3.05, 3.63) is 74.0 Å². The summed E-state index contributed by atoms with van der Waals surface area (Å²) in [6, 6.07) is 12.5. The molecule has 0 aliphatic carbocycles. The van der Waals surface area contributed by atoms with Crippen LogP contribution in [0, 0.1) is 0 Å². The number of halogens is 1. The Bertz CT molecular complexity index is 1300. The first-order chi connectivity index (χ1) is 17.6. The molecule has 1 saturated heterocycles. The molecule has 3 heterocycles. The van der Waals surface area contributed by atoms with Gasteiger partial charge < -0.3 is 18.8 Å².